The fourth-order valence-electron chi connectivity index (χ4n) is 3.73. The highest BCUT2D eigenvalue weighted by Gasteiger charge is 2.13. The molecule has 0 bridgehead atoms. The molecule has 2 aromatic heterocycles. The smallest absolute Gasteiger partial charge is 0.277 e. The number of aryl methyl sites for hydroxylation is 3. The minimum atomic E-state index is -0.154. The maximum atomic E-state index is 12.8. The van der Waals surface area contributed by atoms with Gasteiger partial charge in [-0.15, -0.1) is 0 Å². The van der Waals surface area contributed by atoms with Gasteiger partial charge in [0.15, 0.2) is 0 Å². The van der Waals surface area contributed by atoms with E-state index in [1.807, 2.05) is 50.2 Å². The van der Waals surface area contributed by atoms with Crippen molar-refractivity contribution < 1.29 is 4.79 Å². The van der Waals surface area contributed by atoms with Crippen LogP contribution in [0.3, 0.4) is 0 Å². The number of fused-ring (bicyclic) bond motifs is 3. The highest BCUT2D eigenvalue weighted by atomic mass is 16.2. The lowest BCUT2D eigenvalue weighted by molar-refractivity contribution is -0.121. The molecular formula is C24H26N4O2. The van der Waals surface area contributed by atoms with Gasteiger partial charge >= 0.3 is 0 Å². The number of carbonyl (C=O) groups excluding carboxylic acids is 1. The number of amides is 1. The zero-order valence-electron chi connectivity index (χ0n) is 17.3. The quantitative estimate of drug-likeness (QED) is 0.494. The second-order valence-corrected chi connectivity index (χ2v) is 7.88. The zero-order valence-corrected chi connectivity index (χ0v) is 17.3. The van der Waals surface area contributed by atoms with Crippen LogP contribution in [-0.2, 0) is 17.8 Å². The van der Waals surface area contributed by atoms with Crippen molar-refractivity contribution in [2.45, 2.75) is 45.7 Å². The summed E-state index contributed by atoms with van der Waals surface area (Å²) in [6.45, 7) is 4.32. The zero-order chi connectivity index (χ0) is 21.1. The van der Waals surface area contributed by atoms with Gasteiger partial charge in [0.2, 0.25) is 5.91 Å². The number of hydrogen-bond donors (Lipinski definition) is 2. The number of hydrogen-bond acceptors (Lipinski definition) is 3. The van der Waals surface area contributed by atoms with E-state index < -0.39 is 0 Å². The fraction of sp³-hybridized carbons (Fsp3) is 0.292. The molecule has 0 aliphatic carbocycles. The molecule has 4 rings (SSSR count). The van der Waals surface area contributed by atoms with Crippen LogP contribution in [0, 0.1) is 6.92 Å². The van der Waals surface area contributed by atoms with Crippen molar-refractivity contribution in [3.05, 3.63) is 76.3 Å². The fourth-order valence-corrected chi connectivity index (χ4v) is 3.73. The number of nitrogens with one attached hydrogen (secondary N) is 2. The molecule has 0 radical (unpaired) electrons. The Morgan fingerprint density at radius 3 is 2.80 bits per heavy atom. The molecule has 0 saturated heterocycles. The molecule has 0 unspecified atom stereocenters. The number of carbonyl (C=O) groups is 1. The first-order valence-electron chi connectivity index (χ1n) is 10.3. The van der Waals surface area contributed by atoms with Crippen molar-refractivity contribution >= 4 is 27.8 Å². The molecule has 0 spiro atoms. The van der Waals surface area contributed by atoms with Crippen LogP contribution >= 0.6 is 0 Å². The van der Waals surface area contributed by atoms with E-state index >= 15 is 0 Å². The van der Waals surface area contributed by atoms with Crippen LogP contribution in [-0.4, -0.2) is 26.5 Å². The van der Waals surface area contributed by atoms with E-state index in [4.69, 9.17) is 0 Å². The average molecular weight is 402 g/mol. The molecule has 0 saturated carbocycles. The van der Waals surface area contributed by atoms with Gasteiger partial charge < -0.3 is 10.3 Å². The summed E-state index contributed by atoms with van der Waals surface area (Å²) in [6.07, 6.45) is 3.56. The molecule has 4 aromatic rings. The first kappa shape index (κ1) is 19.9. The van der Waals surface area contributed by atoms with E-state index in [1.54, 1.807) is 0 Å². The standard InChI is InChI=1S/C24H26N4O2/c1-16-8-11-20-19(14-16)22-23(27-20)24(30)28(15-25-22)13-12-21(29)26-17(2)9-10-18-6-4-3-5-7-18/h3-8,11,14-15,17,27H,9-10,12-13H2,1-2H3,(H,26,29)/t17-/m1/s1. The van der Waals surface area contributed by atoms with Gasteiger partial charge in [0, 0.05) is 29.9 Å². The molecule has 1 amide bonds. The molecule has 6 nitrogen and oxygen atoms in total. The summed E-state index contributed by atoms with van der Waals surface area (Å²) >= 11 is 0. The Labute approximate surface area is 175 Å². The van der Waals surface area contributed by atoms with Crippen LogP contribution in [0.2, 0.25) is 0 Å². The van der Waals surface area contributed by atoms with Gasteiger partial charge in [-0.25, -0.2) is 4.98 Å². The minimum Gasteiger partial charge on any atom is -0.354 e. The first-order valence-corrected chi connectivity index (χ1v) is 10.3. The third kappa shape index (κ3) is 4.27. The van der Waals surface area contributed by atoms with Gasteiger partial charge in [0.25, 0.3) is 5.56 Å². The highest BCUT2D eigenvalue weighted by molar-refractivity contribution is 6.04. The number of rotatable bonds is 7. The SMILES string of the molecule is Cc1ccc2[nH]c3c(=O)n(CCC(=O)N[C@H](C)CCc4ccccc4)cnc3c2c1. The topological polar surface area (TPSA) is 79.8 Å². The second-order valence-electron chi connectivity index (χ2n) is 7.88. The maximum absolute atomic E-state index is 12.8. The summed E-state index contributed by atoms with van der Waals surface area (Å²) in [6, 6.07) is 16.3. The molecule has 30 heavy (non-hydrogen) atoms. The Kier molecular flexibility index (Phi) is 5.65. The van der Waals surface area contributed by atoms with Crippen molar-refractivity contribution in [2.75, 3.05) is 0 Å². The monoisotopic (exact) mass is 402 g/mol. The Hall–Kier alpha value is -3.41. The lowest BCUT2D eigenvalue weighted by Crippen LogP contribution is -2.34. The largest absolute Gasteiger partial charge is 0.354 e. The van der Waals surface area contributed by atoms with Gasteiger partial charge in [0.05, 0.1) is 6.33 Å². The Morgan fingerprint density at radius 2 is 2.00 bits per heavy atom. The van der Waals surface area contributed by atoms with Crippen molar-refractivity contribution in [1.29, 1.82) is 0 Å². The highest BCUT2D eigenvalue weighted by Crippen LogP contribution is 2.22. The average Bonchev–Trinajstić information content (AvgIpc) is 3.11. The number of aromatic nitrogens is 3. The minimum absolute atomic E-state index is 0.0603. The molecule has 0 aliphatic rings. The maximum Gasteiger partial charge on any atom is 0.277 e. The molecule has 2 aromatic carbocycles. The summed E-state index contributed by atoms with van der Waals surface area (Å²) in [4.78, 5) is 32.8. The van der Waals surface area contributed by atoms with Gasteiger partial charge in [0.1, 0.15) is 11.0 Å². The molecular weight excluding hydrogens is 376 g/mol. The van der Waals surface area contributed by atoms with E-state index in [1.165, 1.54) is 16.5 Å². The number of H-pyrrole nitrogens is 1. The lowest BCUT2D eigenvalue weighted by Gasteiger charge is -2.14. The number of nitrogens with zero attached hydrogens (tertiary/aromatic N) is 2. The summed E-state index contributed by atoms with van der Waals surface area (Å²) in [5.74, 6) is -0.0603. The molecule has 154 valence electrons. The van der Waals surface area contributed by atoms with E-state index in [0.29, 0.717) is 17.6 Å². The summed E-state index contributed by atoms with van der Waals surface area (Å²) in [7, 11) is 0. The van der Waals surface area contributed by atoms with Crippen LogP contribution in [0.15, 0.2) is 59.7 Å². The third-order valence-electron chi connectivity index (χ3n) is 5.42. The Balaban J connectivity index is 1.38. The summed E-state index contributed by atoms with van der Waals surface area (Å²) in [5.41, 5.74) is 4.27. The van der Waals surface area contributed by atoms with E-state index in [2.05, 4.69) is 27.4 Å². The molecule has 0 aliphatic heterocycles. The lowest BCUT2D eigenvalue weighted by atomic mass is 10.1. The first-order chi connectivity index (χ1) is 14.5. The van der Waals surface area contributed by atoms with Crippen LogP contribution < -0.4 is 10.9 Å². The van der Waals surface area contributed by atoms with Crippen LogP contribution in [0.25, 0.3) is 21.9 Å². The molecule has 0 fully saturated rings. The normalized spacial score (nSPS) is 12.3. The second kappa shape index (κ2) is 8.53. The van der Waals surface area contributed by atoms with E-state index in [9.17, 15) is 9.59 Å². The van der Waals surface area contributed by atoms with Gasteiger partial charge in [-0.1, -0.05) is 42.0 Å². The van der Waals surface area contributed by atoms with Crippen molar-refractivity contribution in [3.8, 4) is 0 Å². The van der Waals surface area contributed by atoms with Crippen LogP contribution in [0.1, 0.15) is 30.9 Å². The third-order valence-corrected chi connectivity index (χ3v) is 5.42. The van der Waals surface area contributed by atoms with E-state index in [0.717, 1.165) is 29.3 Å². The van der Waals surface area contributed by atoms with Crippen LogP contribution in [0.5, 0.6) is 0 Å². The number of aromatic amines is 1. The summed E-state index contributed by atoms with van der Waals surface area (Å²) < 4.78 is 1.50. The molecule has 1 atom stereocenters. The predicted octanol–water partition coefficient (Wildman–Crippen LogP) is 3.71. The summed E-state index contributed by atoms with van der Waals surface area (Å²) in [5, 5.41) is 3.97. The van der Waals surface area contributed by atoms with Gasteiger partial charge in [-0.3, -0.25) is 14.2 Å². The Bertz CT molecular complexity index is 1240. The van der Waals surface area contributed by atoms with E-state index in [-0.39, 0.29) is 23.9 Å². The van der Waals surface area contributed by atoms with Crippen molar-refractivity contribution in [1.82, 2.24) is 19.9 Å². The van der Waals surface area contributed by atoms with Crippen molar-refractivity contribution in [2.24, 2.45) is 0 Å². The molecule has 2 N–H and O–H groups in total. The van der Waals surface area contributed by atoms with Gasteiger partial charge in [-0.2, -0.15) is 0 Å². The van der Waals surface area contributed by atoms with Crippen molar-refractivity contribution in [3.63, 3.8) is 0 Å². The molecule has 2 heterocycles. The predicted molar refractivity (Wildman–Crippen MR) is 120 cm³/mol. The van der Waals surface area contributed by atoms with Crippen LogP contribution in [0.4, 0.5) is 0 Å². The molecule has 6 heteroatoms. The number of benzene rings is 2. The Morgan fingerprint density at radius 1 is 1.20 bits per heavy atom. The van der Waals surface area contributed by atoms with Gasteiger partial charge in [-0.05, 0) is 44.4 Å².